The number of aliphatic hydroxyl groups is 1. The van der Waals surface area contributed by atoms with E-state index < -0.39 is 14.9 Å². The van der Waals surface area contributed by atoms with Crippen molar-refractivity contribution < 1.29 is 49.2 Å². The molecule has 0 saturated carbocycles. The smallest absolute Gasteiger partial charge is 0.0710 e. The number of hydrogen-bond acceptors (Lipinski definition) is 4. The van der Waals surface area contributed by atoms with Gasteiger partial charge in [0.2, 0.25) is 0 Å². The molecule has 0 aromatic heterocycles. The van der Waals surface area contributed by atoms with E-state index in [1.165, 1.54) is 13.8 Å². The summed E-state index contributed by atoms with van der Waals surface area (Å²) in [5.74, 6) is 0. The maximum Gasteiger partial charge on any atom is 0.0710 e. The topological polar surface area (TPSA) is 77.4 Å². The van der Waals surface area contributed by atoms with Crippen LogP contribution in [0.5, 0.6) is 0 Å². The molecule has 0 atom stereocenters. The molecular weight excluding hydrogens is 394 g/mol. The van der Waals surface area contributed by atoms with Crippen LogP contribution in [-0.2, 0) is 10.1 Å². The fourth-order valence-electron chi connectivity index (χ4n) is 0. The van der Waals surface area contributed by atoms with E-state index in [0.29, 0.717) is 0 Å². The second-order valence-corrected chi connectivity index (χ2v) is 4.23. The van der Waals surface area contributed by atoms with Gasteiger partial charge in [-0.3, -0.25) is 0 Å². The predicted octanol–water partition coefficient (Wildman–Crippen LogP) is -0.247. The molecule has 0 bridgehead atoms. The minimum atomic E-state index is -4.20. The largest absolute Gasteiger partial charge is 0.750 e. The van der Waals surface area contributed by atoms with Gasteiger partial charge in [-0.25, -0.2) is 8.42 Å². The summed E-state index contributed by atoms with van der Waals surface area (Å²) in [7, 11) is -3.20. The number of rotatable bonds is 1. The van der Waals surface area contributed by atoms with Crippen LogP contribution >= 0.6 is 0 Å². The van der Waals surface area contributed by atoms with Crippen LogP contribution in [0.2, 0.25) is 0 Å². The zero-order valence-corrected chi connectivity index (χ0v) is 11.8. The third kappa shape index (κ3) is 8.83. The summed E-state index contributed by atoms with van der Waals surface area (Å²) in [6.45, 7) is 5.66. The third-order valence-electron chi connectivity index (χ3n) is 0.677. The van der Waals surface area contributed by atoms with E-state index in [4.69, 9.17) is 5.11 Å². The van der Waals surface area contributed by atoms with Crippen LogP contribution in [0.25, 0.3) is 0 Å². The molecule has 11 heavy (non-hydrogen) atoms. The Morgan fingerprint density at radius 1 is 1.36 bits per heavy atom. The van der Waals surface area contributed by atoms with Gasteiger partial charge >= 0.3 is 0 Å². The average Bonchev–Trinajstić information content (AvgIpc) is 1.66. The van der Waals surface area contributed by atoms with Crippen molar-refractivity contribution in [1.29, 1.82) is 0 Å². The Labute approximate surface area is 91.5 Å². The summed E-state index contributed by atoms with van der Waals surface area (Å²) in [4.78, 5) is 0. The number of aliphatic hydroxyl groups excluding tert-OH is 1. The Bertz CT molecular complexity index is 167. The first-order chi connectivity index (χ1) is 4.25. The van der Waals surface area contributed by atoms with E-state index in [0.717, 1.165) is 7.11 Å². The maximum absolute atomic E-state index is 10.0. The summed E-state index contributed by atoms with van der Waals surface area (Å²) in [5, 5.41) is 7.00. The van der Waals surface area contributed by atoms with Gasteiger partial charge < -0.3 is 16.6 Å². The standard InChI is InChI=1S/C4H9O3S.CH4O.U/c1-4(2,3)8(5,6)7;1-2;/h1H2,2-3H3,(H,5,6,7);2H,1H3;/q-1;;/p-1. The molecule has 0 rings (SSSR count). The van der Waals surface area contributed by atoms with Gasteiger partial charge in [0.1, 0.15) is 0 Å². The summed E-state index contributed by atoms with van der Waals surface area (Å²) in [6.07, 6.45) is 0. The summed E-state index contributed by atoms with van der Waals surface area (Å²) in [6, 6.07) is 0. The molecule has 0 aliphatic heterocycles. The van der Waals surface area contributed by atoms with E-state index in [1.807, 2.05) is 0 Å². The van der Waals surface area contributed by atoms with Crippen molar-refractivity contribution in [3.63, 3.8) is 0 Å². The molecule has 0 saturated heterocycles. The Kier molecular flexibility index (Phi) is 10.5. The average molecular weight is 406 g/mol. The zero-order valence-electron chi connectivity index (χ0n) is 6.79. The monoisotopic (exact) mass is 406 g/mol. The molecule has 0 aliphatic rings. The fraction of sp³-hybridized carbons (Fsp3) is 0.800. The van der Waals surface area contributed by atoms with Gasteiger partial charge in [0.15, 0.2) is 0 Å². The SMILES string of the molecule is CO.[CH2-]C(C)(C)S(=O)(=O)[O-].[U]. The second kappa shape index (κ2) is 6.44. The summed E-state index contributed by atoms with van der Waals surface area (Å²) in [5.41, 5.74) is 0. The van der Waals surface area contributed by atoms with E-state index in [9.17, 15) is 13.0 Å². The fourth-order valence-corrected chi connectivity index (χ4v) is 0. The predicted molar refractivity (Wildman–Crippen MR) is 37.3 cm³/mol. The third-order valence-corrected chi connectivity index (χ3v) is 2.03. The molecule has 6 heteroatoms. The van der Waals surface area contributed by atoms with Crippen molar-refractivity contribution in [2.75, 3.05) is 7.11 Å². The molecule has 68 valence electrons. The first kappa shape index (κ1) is 17.9. The van der Waals surface area contributed by atoms with Crippen LogP contribution in [0.1, 0.15) is 13.8 Å². The minimum Gasteiger partial charge on any atom is -0.750 e. The van der Waals surface area contributed by atoms with Crippen molar-refractivity contribution in [3.8, 4) is 0 Å². The van der Waals surface area contributed by atoms with E-state index in [1.54, 1.807) is 0 Å². The van der Waals surface area contributed by atoms with Gasteiger partial charge in [-0.1, -0.05) is 18.6 Å². The van der Waals surface area contributed by atoms with Crippen LogP contribution in [0.15, 0.2) is 0 Å². The molecule has 0 fully saturated rings. The molecule has 0 unspecified atom stereocenters. The van der Waals surface area contributed by atoms with E-state index in [-0.39, 0.29) is 31.1 Å². The van der Waals surface area contributed by atoms with Crippen LogP contribution in [0.4, 0.5) is 0 Å². The zero-order chi connectivity index (χ0) is 9.00. The van der Waals surface area contributed by atoms with Crippen molar-refractivity contribution in [1.82, 2.24) is 0 Å². The summed E-state index contributed by atoms with van der Waals surface area (Å²) >= 11 is 0. The maximum atomic E-state index is 10.0. The molecule has 0 spiro atoms. The van der Waals surface area contributed by atoms with Crippen molar-refractivity contribution in [3.05, 3.63) is 6.92 Å². The minimum absolute atomic E-state index is 0. The second-order valence-electron chi connectivity index (χ2n) is 2.21. The normalized spacial score (nSPS) is 10.7. The van der Waals surface area contributed by atoms with Crippen LogP contribution in [0.3, 0.4) is 0 Å². The molecule has 0 aromatic rings. The molecule has 0 radical (unpaired) electrons. The van der Waals surface area contributed by atoms with Gasteiger partial charge in [-0.05, 0) is 0 Å². The first-order valence-corrected chi connectivity index (χ1v) is 3.91. The molecule has 0 amide bonds. The van der Waals surface area contributed by atoms with Gasteiger partial charge in [-0.2, -0.15) is 0 Å². The Morgan fingerprint density at radius 2 is 1.45 bits per heavy atom. The van der Waals surface area contributed by atoms with Crippen LogP contribution in [0, 0.1) is 38.0 Å². The molecule has 0 heterocycles. The molecular formula is C5H12O4SU-2. The van der Waals surface area contributed by atoms with Gasteiger partial charge in [0, 0.05) is 38.2 Å². The molecule has 1 N–H and O–H groups in total. The Balaban J connectivity index is -0.000000196. The van der Waals surface area contributed by atoms with Gasteiger partial charge in [-0.15, -0.1) is 0 Å². The van der Waals surface area contributed by atoms with E-state index >= 15 is 0 Å². The Hall–Kier alpha value is 0.922. The van der Waals surface area contributed by atoms with Gasteiger partial charge in [0.05, 0.1) is 10.1 Å². The quantitative estimate of drug-likeness (QED) is 0.482. The van der Waals surface area contributed by atoms with Crippen molar-refractivity contribution in [2.24, 2.45) is 0 Å². The Morgan fingerprint density at radius 3 is 1.45 bits per heavy atom. The van der Waals surface area contributed by atoms with Crippen LogP contribution < -0.4 is 0 Å². The molecule has 4 nitrogen and oxygen atoms in total. The van der Waals surface area contributed by atoms with E-state index in [2.05, 4.69) is 6.92 Å². The summed E-state index contributed by atoms with van der Waals surface area (Å²) < 4.78 is 28.7. The van der Waals surface area contributed by atoms with Crippen molar-refractivity contribution >= 4 is 10.1 Å². The van der Waals surface area contributed by atoms with Gasteiger partial charge in [0.25, 0.3) is 0 Å². The molecule has 0 aliphatic carbocycles. The van der Waals surface area contributed by atoms with Crippen LogP contribution in [-0.4, -0.2) is 29.9 Å². The first-order valence-electron chi connectivity index (χ1n) is 2.50. The van der Waals surface area contributed by atoms with Crippen molar-refractivity contribution in [2.45, 2.75) is 18.6 Å². The molecule has 0 aromatic carbocycles. The number of hydrogen-bond donors (Lipinski definition) is 1.